The van der Waals surface area contributed by atoms with Gasteiger partial charge in [-0.3, -0.25) is 9.69 Å². The van der Waals surface area contributed by atoms with Gasteiger partial charge >= 0.3 is 0 Å². The lowest BCUT2D eigenvalue weighted by Gasteiger charge is -2.39. The molecule has 2 heterocycles. The third-order valence-corrected chi connectivity index (χ3v) is 5.13. The summed E-state index contributed by atoms with van der Waals surface area (Å²) in [4.78, 5) is 14.1. The second-order valence-electron chi connectivity index (χ2n) is 6.37. The van der Waals surface area contributed by atoms with Gasteiger partial charge in [0.2, 0.25) is 5.91 Å². The largest absolute Gasteiger partial charge is 0.356 e. The van der Waals surface area contributed by atoms with Crippen molar-refractivity contribution in [2.45, 2.75) is 45.2 Å². The molecule has 0 bridgehead atoms. The number of carbonyl (C=O) groups excluding carboxylic acids is 1. The molecule has 1 aromatic carbocycles. The highest BCUT2D eigenvalue weighted by molar-refractivity contribution is 6.30. The van der Waals surface area contributed by atoms with Crippen molar-refractivity contribution in [1.29, 1.82) is 0 Å². The van der Waals surface area contributed by atoms with Gasteiger partial charge in [0.1, 0.15) is 0 Å². The van der Waals surface area contributed by atoms with E-state index in [0.717, 1.165) is 24.7 Å². The van der Waals surface area contributed by atoms with Gasteiger partial charge in [0, 0.05) is 36.5 Å². The van der Waals surface area contributed by atoms with Gasteiger partial charge in [-0.05, 0) is 49.6 Å². The summed E-state index contributed by atoms with van der Waals surface area (Å²) in [5.41, 5.74) is 2.61. The fourth-order valence-corrected chi connectivity index (χ4v) is 3.93. The van der Waals surface area contributed by atoms with Crippen LogP contribution in [0.15, 0.2) is 18.2 Å². The Labute approximate surface area is 131 Å². The van der Waals surface area contributed by atoms with Crippen LogP contribution < -0.4 is 5.32 Å². The standard InChI is InChI=1S/C17H23ClN2O/c1-12-8-15(18)6-5-13(12)11-20-7-3-2-4-16(20)14-9-17(21)19-10-14/h5-6,8,14,16H,2-4,7,9-11H2,1H3,(H,19,21)/t14-,16+/m1/s1. The zero-order valence-electron chi connectivity index (χ0n) is 12.6. The summed E-state index contributed by atoms with van der Waals surface area (Å²) in [5.74, 6) is 0.693. The maximum absolute atomic E-state index is 11.5. The first-order valence-corrected chi connectivity index (χ1v) is 8.27. The van der Waals surface area contributed by atoms with E-state index in [1.165, 1.54) is 30.4 Å². The van der Waals surface area contributed by atoms with E-state index in [4.69, 9.17) is 11.6 Å². The average Bonchev–Trinajstić information content (AvgIpc) is 2.89. The van der Waals surface area contributed by atoms with Crippen LogP contribution in [0.5, 0.6) is 0 Å². The summed E-state index contributed by atoms with van der Waals surface area (Å²) in [6, 6.07) is 6.69. The molecule has 2 fully saturated rings. The first kappa shape index (κ1) is 14.9. The molecule has 0 aromatic heterocycles. The quantitative estimate of drug-likeness (QED) is 0.930. The Kier molecular flexibility index (Phi) is 4.51. The molecule has 1 N–H and O–H groups in total. The Balaban J connectivity index is 1.73. The number of hydrogen-bond donors (Lipinski definition) is 1. The Bertz CT molecular complexity index is 532. The van der Waals surface area contributed by atoms with Gasteiger partial charge in [-0.15, -0.1) is 0 Å². The Morgan fingerprint density at radius 3 is 2.95 bits per heavy atom. The molecule has 4 heteroatoms. The second-order valence-corrected chi connectivity index (χ2v) is 6.81. The van der Waals surface area contributed by atoms with E-state index in [1.54, 1.807) is 0 Å². The van der Waals surface area contributed by atoms with Crippen LogP contribution >= 0.6 is 11.6 Å². The molecule has 2 aliphatic heterocycles. The summed E-state index contributed by atoms with van der Waals surface area (Å²) in [6.45, 7) is 5.08. The number of carbonyl (C=O) groups is 1. The normalized spacial score (nSPS) is 26.9. The van der Waals surface area contributed by atoms with Crippen molar-refractivity contribution in [2.75, 3.05) is 13.1 Å². The van der Waals surface area contributed by atoms with Gasteiger partial charge in [-0.25, -0.2) is 0 Å². The molecule has 2 aliphatic rings. The molecule has 0 spiro atoms. The third kappa shape index (κ3) is 3.41. The molecule has 1 aromatic rings. The second kappa shape index (κ2) is 6.37. The number of nitrogens with zero attached hydrogens (tertiary/aromatic N) is 1. The van der Waals surface area contributed by atoms with Gasteiger partial charge in [-0.2, -0.15) is 0 Å². The summed E-state index contributed by atoms with van der Waals surface area (Å²) in [6.07, 6.45) is 4.45. The smallest absolute Gasteiger partial charge is 0.220 e. The van der Waals surface area contributed by atoms with Crippen molar-refractivity contribution in [3.05, 3.63) is 34.3 Å². The lowest BCUT2D eigenvalue weighted by molar-refractivity contribution is -0.119. The predicted octanol–water partition coefficient (Wildman–Crippen LogP) is 3.14. The Hall–Kier alpha value is -1.06. The number of benzene rings is 1. The van der Waals surface area contributed by atoms with Crippen molar-refractivity contribution in [2.24, 2.45) is 5.92 Å². The highest BCUT2D eigenvalue weighted by Crippen LogP contribution is 2.29. The SMILES string of the molecule is Cc1cc(Cl)ccc1CN1CCCC[C@H]1[C@H]1CNC(=O)C1. The van der Waals surface area contributed by atoms with E-state index in [0.29, 0.717) is 18.4 Å². The maximum atomic E-state index is 11.5. The van der Waals surface area contributed by atoms with E-state index in [2.05, 4.69) is 23.2 Å². The number of aryl methyl sites for hydroxylation is 1. The molecule has 21 heavy (non-hydrogen) atoms. The van der Waals surface area contributed by atoms with E-state index < -0.39 is 0 Å². The minimum atomic E-state index is 0.216. The number of piperidine rings is 1. The van der Waals surface area contributed by atoms with Gasteiger partial charge in [0.25, 0.3) is 0 Å². The molecule has 3 rings (SSSR count). The predicted molar refractivity (Wildman–Crippen MR) is 85.4 cm³/mol. The minimum Gasteiger partial charge on any atom is -0.356 e. The number of rotatable bonds is 3. The van der Waals surface area contributed by atoms with Crippen LogP contribution in [-0.2, 0) is 11.3 Å². The molecule has 0 radical (unpaired) electrons. The van der Waals surface area contributed by atoms with Crippen LogP contribution in [0.1, 0.15) is 36.8 Å². The molecule has 2 saturated heterocycles. The third-order valence-electron chi connectivity index (χ3n) is 4.90. The Morgan fingerprint density at radius 1 is 1.38 bits per heavy atom. The first-order valence-electron chi connectivity index (χ1n) is 7.89. The topological polar surface area (TPSA) is 32.3 Å². The lowest BCUT2D eigenvalue weighted by atomic mass is 9.89. The molecule has 0 saturated carbocycles. The number of amides is 1. The van der Waals surface area contributed by atoms with Gasteiger partial charge in [0.05, 0.1) is 0 Å². The zero-order chi connectivity index (χ0) is 14.8. The highest BCUT2D eigenvalue weighted by Gasteiger charge is 2.34. The Morgan fingerprint density at radius 2 is 2.24 bits per heavy atom. The van der Waals surface area contributed by atoms with Gasteiger partial charge in [0.15, 0.2) is 0 Å². The number of hydrogen-bond acceptors (Lipinski definition) is 2. The summed E-state index contributed by atoms with van der Waals surface area (Å²) < 4.78 is 0. The van der Waals surface area contributed by atoms with E-state index in [-0.39, 0.29) is 5.91 Å². The molecule has 2 atom stereocenters. The zero-order valence-corrected chi connectivity index (χ0v) is 13.3. The van der Waals surface area contributed by atoms with Crippen molar-refractivity contribution < 1.29 is 4.79 Å². The average molecular weight is 307 g/mol. The van der Waals surface area contributed by atoms with Crippen LogP contribution in [0.4, 0.5) is 0 Å². The van der Waals surface area contributed by atoms with Crippen LogP contribution in [0.25, 0.3) is 0 Å². The molecule has 114 valence electrons. The number of halogens is 1. The van der Waals surface area contributed by atoms with Crippen LogP contribution in [-0.4, -0.2) is 29.9 Å². The molecule has 0 aliphatic carbocycles. The first-order chi connectivity index (χ1) is 10.1. The number of nitrogens with one attached hydrogen (secondary N) is 1. The van der Waals surface area contributed by atoms with Crippen molar-refractivity contribution in [1.82, 2.24) is 10.2 Å². The van der Waals surface area contributed by atoms with Crippen LogP contribution in [0.3, 0.4) is 0 Å². The molecule has 0 unspecified atom stereocenters. The molecule has 1 amide bonds. The fourth-order valence-electron chi connectivity index (χ4n) is 3.70. The van der Waals surface area contributed by atoms with E-state index >= 15 is 0 Å². The van der Waals surface area contributed by atoms with Gasteiger partial charge < -0.3 is 5.32 Å². The van der Waals surface area contributed by atoms with Crippen molar-refractivity contribution in [3.63, 3.8) is 0 Å². The van der Waals surface area contributed by atoms with Crippen LogP contribution in [0.2, 0.25) is 5.02 Å². The fraction of sp³-hybridized carbons (Fsp3) is 0.588. The van der Waals surface area contributed by atoms with E-state index in [9.17, 15) is 4.79 Å². The lowest BCUT2D eigenvalue weighted by Crippen LogP contribution is -2.44. The van der Waals surface area contributed by atoms with Gasteiger partial charge in [-0.1, -0.05) is 24.1 Å². The molecular formula is C17H23ClN2O. The highest BCUT2D eigenvalue weighted by atomic mass is 35.5. The van der Waals surface area contributed by atoms with Crippen LogP contribution in [0, 0.1) is 12.8 Å². The maximum Gasteiger partial charge on any atom is 0.220 e. The molecule has 3 nitrogen and oxygen atoms in total. The minimum absolute atomic E-state index is 0.216. The number of likely N-dealkylation sites (tertiary alicyclic amines) is 1. The van der Waals surface area contributed by atoms with Crippen molar-refractivity contribution in [3.8, 4) is 0 Å². The summed E-state index contributed by atoms with van der Waals surface area (Å²) >= 11 is 6.05. The van der Waals surface area contributed by atoms with Crippen molar-refractivity contribution >= 4 is 17.5 Å². The summed E-state index contributed by atoms with van der Waals surface area (Å²) in [5, 5.41) is 3.79. The molecular weight excluding hydrogens is 284 g/mol. The summed E-state index contributed by atoms with van der Waals surface area (Å²) in [7, 11) is 0. The monoisotopic (exact) mass is 306 g/mol. The van der Waals surface area contributed by atoms with E-state index in [1.807, 2.05) is 12.1 Å².